The molecule has 23 heavy (non-hydrogen) atoms. The average molecular weight is 328 g/mol. The molecule has 0 amide bonds. The van der Waals surface area contributed by atoms with Gasteiger partial charge in [0.25, 0.3) is 0 Å². The molecule has 0 spiro atoms. The molecule has 1 aliphatic heterocycles. The minimum atomic E-state index is -0.316. The first kappa shape index (κ1) is 15.3. The van der Waals surface area contributed by atoms with Crippen molar-refractivity contribution in [3.05, 3.63) is 52.0 Å². The van der Waals surface area contributed by atoms with Gasteiger partial charge in [-0.25, -0.2) is 4.98 Å². The van der Waals surface area contributed by atoms with Crippen LogP contribution in [0.4, 0.5) is 0 Å². The topological polar surface area (TPSA) is 36.4 Å². The van der Waals surface area contributed by atoms with E-state index < -0.39 is 0 Å². The van der Waals surface area contributed by atoms with Crippen LogP contribution in [0.1, 0.15) is 53.2 Å². The van der Waals surface area contributed by atoms with Crippen molar-refractivity contribution < 1.29 is 5.11 Å². The van der Waals surface area contributed by atoms with E-state index in [2.05, 4.69) is 16.1 Å². The molecule has 3 nitrogen and oxygen atoms in total. The standard InChI is InChI=1S/C19H24N2OS/c22-18(14-4-2-1-3-5-14)15-8-10-21(11-9-15)13-17-12-20-19(23-17)16-6-7-16/h1-5,12,15-16,18,22H,6-11,13H2. The van der Waals surface area contributed by atoms with E-state index in [0.717, 1.165) is 44.0 Å². The van der Waals surface area contributed by atoms with E-state index in [9.17, 15) is 5.11 Å². The number of aliphatic hydroxyl groups excluding tert-OH is 1. The Hall–Kier alpha value is -1.23. The van der Waals surface area contributed by atoms with Gasteiger partial charge in [0, 0.05) is 23.5 Å². The van der Waals surface area contributed by atoms with Crippen LogP contribution in [0.5, 0.6) is 0 Å². The first-order valence-electron chi connectivity index (χ1n) is 8.69. The highest BCUT2D eigenvalue weighted by Gasteiger charge is 2.28. The number of aliphatic hydroxyl groups is 1. The molecule has 0 bridgehead atoms. The molecule has 2 aliphatic rings. The molecule has 1 saturated carbocycles. The molecular formula is C19H24N2OS. The number of hydrogen-bond acceptors (Lipinski definition) is 4. The summed E-state index contributed by atoms with van der Waals surface area (Å²) in [5, 5.41) is 11.9. The summed E-state index contributed by atoms with van der Waals surface area (Å²) >= 11 is 1.90. The van der Waals surface area contributed by atoms with Gasteiger partial charge < -0.3 is 5.11 Å². The molecule has 122 valence electrons. The average Bonchev–Trinajstić information content (AvgIpc) is 3.36. The molecule has 1 aromatic heterocycles. The van der Waals surface area contributed by atoms with Gasteiger partial charge in [-0.3, -0.25) is 4.90 Å². The number of thiazole rings is 1. The van der Waals surface area contributed by atoms with Gasteiger partial charge in [-0.05, 0) is 50.3 Å². The highest BCUT2D eigenvalue weighted by molar-refractivity contribution is 7.11. The third-order valence-electron chi connectivity index (χ3n) is 5.10. The largest absolute Gasteiger partial charge is 0.388 e. The lowest BCUT2D eigenvalue weighted by Crippen LogP contribution is -2.35. The van der Waals surface area contributed by atoms with Crippen LogP contribution in [0.3, 0.4) is 0 Å². The Morgan fingerprint density at radius 3 is 2.57 bits per heavy atom. The van der Waals surface area contributed by atoms with Crippen molar-refractivity contribution >= 4 is 11.3 Å². The zero-order valence-corrected chi connectivity index (χ0v) is 14.2. The second-order valence-electron chi connectivity index (χ2n) is 6.91. The van der Waals surface area contributed by atoms with Crippen molar-refractivity contribution in [2.75, 3.05) is 13.1 Å². The van der Waals surface area contributed by atoms with Crippen LogP contribution in [-0.2, 0) is 6.54 Å². The minimum absolute atomic E-state index is 0.316. The van der Waals surface area contributed by atoms with Crippen molar-refractivity contribution in [1.82, 2.24) is 9.88 Å². The Morgan fingerprint density at radius 1 is 1.13 bits per heavy atom. The number of aromatic nitrogens is 1. The third-order valence-corrected chi connectivity index (χ3v) is 6.24. The number of hydrogen-bond donors (Lipinski definition) is 1. The van der Waals surface area contributed by atoms with Crippen molar-refractivity contribution in [2.45, 2.75) is 44.2 Å². The molecule has 1 aromatic carbocycles. The summed E-state index contributed by atoms with van der Waals surface area (Å²) in [4.78, 5) is 8.49. The summed E-state index contributed by atoms with van der Waals surface area (Å²) in [7, 11) is 0. The lowest BCUT2D eigenvalue weighted by molar-refractivity contribution is 0.0570. The van der Waals surface area contributed by atoms with Gasteiger partial charge in [0.15, 0.2) is 0 Å². The number of piperidine rings is 1. The SMILES string of the molecule is OC(c1ccccc1)C1CCN(Cc2cnc(C3CC3)s2)CC1. The molecule has 4 rings (SSSR count). The quantitative estimate of drug-likeness (QED) is 0.902. The van der Waals surface area contributed by atoms with E-state index in [1.54, 1.807) is 0 Å². The summed E-state index contributed by atoms with van der Waals surface area (Å²) in [5.74, 6) is 1.15. The van der Waals surface area contributed by atoms with Crippen LogP contribution in [0, 0.1) is 5.92 Å². The van der Waals surface area contributed by atoms with Gasteiger partial charge in [0.2, 0.25) is 0 Å². The number of nitrogens with zero attached hydrogens (tertiary/aromatic N) is 2. The second kappa shape index (κ2) is 6.71. The zero-order chi connectivity index (χ0) is 15.6. The van der Waals surface area contributed by atoms with E-state index in [-0.39, 0.29) is 6.10 Å². The number of benzene rings is 1. The summed E-state index contributed by atoms with van der Waals surface area (Å²) < 4.78 is 0. The van der Waals surface area contributed by atoms with E-state index in [1.165, 1.54) is 22.7 Å². The molecule has 2 aromatic rings. The Kier molecular flexibility index (Phi) is 4.47. The summed E-state index contributed by atoms with van der Waals surface area (Å²) in [5.41, 5.74) is 1.06. The summed E-state index contributed by atoms with van der Waals surface area (Å²) in [6, 6.07) is 10.1. The molecule has 1 unspecified atom stereocenters. The second-order valence-corrected chi connectivity index (χ2v) is 8.05. The Balaban J connectivity index is 1.30. The molecule has 2 fully saturated rings. The van der Waals surface area contributed by atoms with Crippen LogP contribution < -0.4 is 0 Å². The smallest absolute Gasteiger partial charge is 0.0959 e. The Bertz CT molecular complexity index is 630. The van der Waals surface area contributed by atoms with E-state index in [4.69, 9.17) is 0 Å². The molecule has 2 heterocycles. The molecule has 4 heteroatoms. The first-order chi connectivity index (χ1) is 11.3. The minimum Gasteiger partial charge on any atom is -0.388 e. The predicted octanol–water partition coefficient (Wildman–Crippen LogP) is 3.97. The fourth-order valence-corrected chi connectivity index (χ4v) is 4.61. The lowest BCUT2D eigenvalue weighted by Gasteiger charge is -2.34. The number of rotatable bonds is 5. The van der Waals surface area contributed by atoms with Crippen LogP contribution >= 0.6 is 11.3 Å². The zero-order valence-electron chi connectivity index (χ0n) is 13.4. The maximum atomic E-state index is 10.6. The van der Waals surface area contributed by atoms with Crippen LogP contribution in [0.2, 0.25) is 0 Å². The van der Waals surface area contributed by atoms with Gasteiger partial charge in [0.05, 0.1) is 11.1 Å². The van der Waals surface area contributed by atoms with E-state index in [1.807, 2.05) is 41.7 Å². The van der Waals surface area contributed by atoms with Crippen molar-refractivity contribution in [3.63, 3.8) is 0 Å². The highest BCUT2D eigenvalue weighted by Crippen LogP contribution is 2.42. The third kappa shape index (κ3) is 3.65. The number of likely N-dealkylation sites (tertiary alicyclic amines) is 1. The van der Waals surface area contributed by atoms with Crippen molar-refractivity contribution in [1.29, 1.82) is 0 Å². The van der Waals surface area contributed by atoms with Crippen LogP contribution in [0.25, 0.3) is 0 Å². The van der Waals surface area contributed by atoms with Crippen molar-refractivity contribution in [3.8, 4) is 0 Å². The maximum Gasteiger partial charge on any atom is 0.0959 e. The fraction of sp³-hybridized carbons (Fsp3) is 0.526. The van der Waals surface area contributed by atoms with E-state index in [0.29, 0.717) is 5.92 Å². The van der Waals surface area contributed by atoms with Gasteiger partial charge in [0.1, 0.15) is 0 Å². The fourth-order valence-electron chi connectivity index (χ4n) is 3.48. The predicted molar refractivity (Wildman–Crippen MR) is 93.5 cm³/mol. The van der Waals surface area contributed by atoms with E-state index >= 15 is 0 Å². The van der Waals surface area contributed by atoms with Crippen molar-refractivity contribution in [2.24, 2.45) is 5.92 Å². The molecule has 1 saturated heterocycles. The first-order valence-corrected chi connectivity index (χ1v) is 9.51. The molecule has 1 N–H and O–H groups in total. The highest BCUT2D eigenvalue weighted by atomic mass is 32.1. The Morgan fingerprint density at radius 2 is 1.87 bits per heavy atom. The maximum absolute atomic E-state index is 10.6. The van der Waals surface area contributed by atoms with Crippen LogP contribution in [-0.4, -0.2) is 28.1 Å². The summed E-state index contributed by atoms with van der Waals surface area (Å²) in [6.07, 6.45) is 6.56. The molecule has 1 aliphatic carbocycles. The van der Waals surface area contributed by atoms with Crippen LogP contribution in [0.15, 0.2) is 36.5 Å². The summed E-state index contributed by atoms with van der Waals surface area (Å²) in [6.45, 7) is 3.18. The van der Waals surface area contributed by atoms with Gasteiger partial charge in [-0.15, -0.1) is 11.3 Å². The molecular weight excluding hydrogens is 304 g/mol. The molecule has 0 radical (unpaired) electrons. The lowest BCUT2D eigenvalue weighted by atomic mass is 9.87. The molecule has 1 atom stereocenters. The normalized spacial score (nSPS) is 21.4. The monoisotopic (exact) mass is 328 g/mol. The van der Waals surface area contributed by atoms with Gasteiger partial charge in [-0.1, -0.05) is 30.3 Å². The Labute approximate surface area is 142 Å². The van der Waals surface area contributed by atoms with Gasteiger partial charge >= 0.3 is 0 Å². The van der Waals surface area contributed by atoms with Gasteiger partial charge in [-0.2, -0.15) is 0 Å².